The molecule has 0 spiro atoms. The van der Waals surface area contributed by atoms with Gasteiger partial charge in [-0.05, 0) is 18.1 Å². The molecular weight excluding hydrogens is 412 g/mol. The van der Waals surface area contributed by atoms with Crippen molar-refractivity contribution < 1.29 is 9.21 Å². The minimum atomic E-state index is -0.197. The van der Waals surface area contributed by atoms with E-state index in [0.717, 1.165) is 15.6 Å². The molecule has 1 aromatic carbocycles. The summed E-state index contributed by atoms with van der Waals surface area (Å²) in [5, 5.41) is 7.09. The van der Waals surface area contributed by atoms with Crippen molar-refractivity contribution in [1.29, 1.82) is 0 Å². The maximum absolute atomic E-state index is 12.6. The number of benzene rings is 1. The Morgan fingerprint density at radius 1 is 1.22 bits per heavy atom. The lowest BCUT2D eigenvalue weighted by molar-refractivity contribution is -0.121. The summed E-state index contributed by atoms with van der Waals surface area (Å²) < 4.78 is 9.39. The van der Waals surface area contributed by atoms with Crippen molar-refractivity contribution in [2.75, 3.05) is 0 Å². The van der Waals surface area contributed by atoms with E-state index in [4.69, 9.17) is 4.42 Å². The van der Waals surface area contributed by atoms with E-state index in [0.29, 0.717) is 37.0 Å². The van der Waals surface area contributed by atoms with Crippen LogP contribution in [0.2, 0.25) is 0 Å². The van der Waals surface area contributed by atoms with Gasteiger partial charge < -0.3 is 9.73 Å². The Kier molecular flexibility index (Phi) is 4.81. The molecule has 1 N–H and O–H groups in total. The summed E-state index contributed by atoms with van der Waals surface area (Å²) in [5.41, 5.74) is 2.80. The van der Waals surface area contributed by atoms with Crippen LogP contribution in [0.4, 0.5) is 0 Å². The fraction of sp³-hybridized carbons (Fsp3) is 0.211. The Hall–Kier alpha value is -2.87. The third kappa shape index (κ3) is 3.52. The standard InChI is InChI=1S/C19H17BrN4O3/c20-14-5-2-1-4-13(14)11-21-18(25)6-3-8-24-19(26)16-10-17-15(7-9-27-17)23(16)12-22-24/h1-2,4-5,7,9-10,12H,3,6,8,11H2,(H,21,25). The smallest absolute Gasteiger partial charge is 0.291 e. The minimum absolute atomic E-state index is 0.0555. The minimum Gasteiger partial charge on any atom is -0.463 e. The molecule has 0 saturated carbocycles. The summed E-state index contributed by atoms with van der Waals surface area (Å²) in [6.07, 6.45) is 4.03. The van der Waals surface area contributed by atoms with E-state index < -0.39 is 0 Å². The van der Waals surface area contributed by atoms with Crippen LogP contribution >= 0.6 is 15.9 Å². The number of nitrogens with one attached hydrogen (secondary N) is 1. The fourth-order valence-corrected chi connectivity index (χ4v) is 3.43. The third-order valence-corrected chi connectivity index (χ3v) is 5.20. The van der Waals surface area contributed by atoms with Gasteiger partial charge in [0, 0.05) is 36.1 Å². The first-order chi connectivity index (χ1) is 13.1. The number of furan rings is 1. The molecule has 27 heavy (non-hydrogen) atoms. The highest BCUT2D eigenvalue weighted by Crippen LogP contribution is 2.18. The molecule has 138 valence electrons. The molecule has 0 fully saturated rings. The number of rotatable bonds is 6. The fourth-order valence-electron chi connectivity index (χ4n) is 3.01. The number of aryl methyl sites for hydroxylation is 1. The molecular formula is C19H17BrN4O3. The van der Waals surface area contributed by atoms with Gasteiger partial charge in [-0.2, -0.15) is 5.10 Å². The highest BCUT2D eigenvalue weighted by Gasteiger charge is 2.11. The van der Waals surface area contributed by atoms with Crippen LogP contribution in [-0.4, -0.2) is 20.1 Å². The van der Waals surface area contributed by atoms with Gasteiger partial charge in [-0.15, -0.1) is 0 Å². The summed E-state index contributed by atoms with van der Waals surface area (Å²) in [4.78, 5) is 24.6. The van der Waals surface area contributed by atoms with E-state index in [2.05, 4.69) is 26.3 Å². The number of carbonyl (C=O) groups excluding carboxylic acids is 1. The molecule has 0 aliphatic heterocycles. The number of fused-ring (bicyclic) bond motifs is 3. The number of aromatic nitrogens is 3. The predicted molar refractivity (Wildman–Crippen MR) is 104 cm³/mol. The first-order valence-corrected chi connectivity index (χ1v) is 9.37. The highest BCUT2D eigenvalue weighted by molar-refractivity contribution is 9.10. The number of amides is 1. The largest absolute Gasteiger partial charge is 0.463 e. The summed E-state index contributed by atoms with van der Waals surface area (Å²) in [6, 6.07) is 11.3. The van der Waals surface area contributed by atoms with Gasteiger partial charge in [-0.25, -0.2) is 4.68 Å². The van der Waals surface area contributed by atoms with Gasteiger partial charge in [0.05, 0.1) is 11.8 Å². The molecule has 0 saturated heterocycles. The summed E-state index contributed by atoms with van der Waals surface area (Å²) in [5.74, 6) is -0.0555. The monoisotopic (exact) mass is 428 g/mol. The van der Waals surface area contributed by atoms with Crippen molar-refractivity contribution in [2.45, 2.75) is 25.9 Å². The normalized spacial score (nSPS) is 11.3. The van der Waals surface area contributed by atoms with Gasteiger partial charge in [0.1, 0.15) is 11.8 Å². The molecule has 0 radical (unpaired) electrons. The predicted octanol–water partition coefficient (Wildman–Crippen LogP) is 3.10. The van der Waals surface area contributed by atoms with Crippen LogP contribution in [0.3, 0.4) is 0 Å². The first-order valence-electron chi connectivity index (χ1n) is 8.58. The highest BCUT2D eigenvalue weighted by atomic mass is 79.9. The van der Waals surface area contributed by atoms with Gasteiger partial charge in [-0.3, -0.25) is 14.0 Å². The second kappa shape index (κ2) is 7.40. The van der Waals surface area contributed by atoms with Crippen molar-refractivity contribution in [3.05, 3.63) is 69.4 Å². The number of carbonyl (C=O) groups is 1. The first kappa shape index (κ1) is 17.5. The van der Waals surface area contributed by atoms with Crippen molar-refractivity contribution >= 4 is 38.5 Å². The number of halogens is 1. The van der Waals surface area contributed by atoms with Gasteiger partial charge in [0.2, 0.25) is 5.91 Å². The maximum atomic E-state index is 12.6. The molecule has 0 aliphatic carbocycles. The van der Waals surface area contributed by atoms with E-state index in [-0.39, 0.29) is 11.5 Å². The Bertz CT molecular complexity index is 1170. The van der Waals surface area contributed by atoms with E-state index in [1.54, 1.807) is 29.1 Å². The molecule has 0 unspecified atom stereocenters. The zero-order chi connectivity index (χ0) is 18.8. The van der Waals surface area contributed by atoms with E-state index in [9.17, 15) is 9.59 Å². The van der Waals surface area contributed by atoms with Crippen LogP contribution in [0, 0.1) is 0 Å². The lowest BCUT2D eigenvalue weighted by Crippen LogP contribution is -2.26. The molecule has 1 amide bonds. The van der Waals surface area contributed by atoms with Crippen LogP contribution in [-0.2, 0) is 17.9 Å². The Labute approximate surface area is 162 Å². The summed E-state index contributed by atoms with van der Waals surface area (Å²) in [6.45, 7) is 0.845. The van der Waals surface area contributed by atoms with Gasteiger partial charge in [-0.1, -0.05) is 34.1 Å². The lowest BCUT2D eigenvalue weighted by Gasteiger charge is -2.08. The van der Waals surface area contributed by atoms with Crippen molar-refractivity contribution in [3.63, 3.8) is 0 Å². The van der Waals surface area contributed by atoms with Crippen molar-refractivity contribution in [1.82, 2.24) is 19.5 Å². The second-order valence-corrected chi connectivity index (χ2v) is 7.05. The van der Waals surface area contributed by atoms with Crippen LogP contribution in [0.25, 0.3) is 16.6 Å². The molecule has 7 nitrogen and oxygen atoms in total. The number of hydrogen-bond donors (Lipinski definition) is 1. The topological polar surface area (TPSA) is 81.5 Å². The van der Waals surface area contributed by atoms with Crippen molar-refractivity contribution in [3.8, 4) is 0 Å². The Balaban J connectivity index is 1.36. The zero-order valence-electron chi connectivity index (χ0n) is 14.4. The summed E-state index contributed by atoms with van der Waals surface area (Å²) >= 11 is 3.46. The molecule has 0 atom stereocenters. The zero-order valence-corrected chi connectivity index (χ0v) is 16.0. The molecule has 3 aromatic heterocycles. The Morgan fingerprint density at radius 2 is 2.07 bits per heavy atom. The lowest BCUT2D eigenvalue weighted by atomic mass is 10.2. The average Bonchev–Trinajstić information content (AvgIpc) is 3.25. The Morgan fingerprint density at radius 3 is 2.93 bits per heavy atom. The van der Waals surface area contributed by atoms with Gasteiger partial charge in [0.25, 0.3) is 5.56 Å². The second-order valence-electron chi connectivity index (χ2n) is 6.20. The van der Waals surface area contributed by atoms with Gasteiger partial charge >= 0.3 is 0 Å². The van der Waals surface area contributed by atoms with E-state index in [1.807, 2.05) is 24.3 Å². The molecule has 0 aliphatic rings. The van der Waals surface area contributed by atoms with Crippen LogP contribution in [0.5, 0.6) is 0 Å². The SMILES string of the molecule is O=C(CCCn1ncn2c(cc3occc32)c1=O)NCc1ccccc1Br. The van der Waals surface area contributed by atoms with E-state index >= 15 is 0 Å². The van der Waals surface area contributed by atoms with Crippen LogP contribution < -0.4 is 10.9 Å². The molecule has 8 heteroatoms. The maximum Gasteiger partial charge on any atom is 0.291 e. The quantitative estimate of drug-likeness (QED) is 0.511. The van der Waals surface area contributed by atoms with Crippen LogP contribution in [0.1, 0.15) is 18.4 Å². The number of hydrogen-bond acceptors (Lipinski definition) is 4. The third-order valence-electron chi connectivity index (χ3n) is 4.43. The molecule has 4 rings (SSSR count). The average molecular weight is 429 g/mol. The number of nitrogens with zero attached hydrogens (tertiary/aromatic N) is 3. The van der Waals surface area contributed by atoms with Gasteiger partial charge in [0.15, 0.2) is 5.58 Å². The van der Waals surface area contributed by atoms with Crippen LogP contribution in [0.15, 0.2) is 62.7 Å². The van der Waals surface area contributed by atoms with E-state index in [1.165, 1.54) is 4.68 Å². The molecule has 0 bridgehead atoms. The molecule has 3 heterocycles. The summed E-state index contributed by atoms with van der Waals surface area (Å²) in [7, 11) is 0. The van der Waals surface area contributed by atoms with Crippen molar-refractivity contribution in [2.24, 2.45) is 0 Å². The molecule has 4 aromatic rings.